The maximum absolute atomic E-state index is 12.6. The van der Waals surface area contributed by atoms with Crippen molar-refractivity contribution in [3.05, 3.63) is 65.4 Å². The van der Waals surface area contributed by atoms with Crippen LogP contribution in [0.5, 0.6) is 0 Å². The van der Waals surface area contributed by atoms with Crippen LogP contribution < -0.4 is 10.0 Å². The van der Waals surface area contributed by atoms with E-state index in [-0.39, 0.29) is 11.7 Å². The number of aryl methyl sites for hydroxylation is 1. The number of rotatable bonds is 9. The zero-order valence-electron chi connectivity index (χ0n) is 16.8. The van der Waals surface area contributed by atoms with Gasteiger partial charge in [0.25, 0.3) is 5.91 Å². The normalized spacial score (nSPS) is 11.5. The van der Waals surface area contributed by atoms with Crippen LogP contribution >= 0.6 is 0 Å². The summed E-state index contributed by atoms with van der Waals surface area (Å²) in [7, 11) is -3.37. The van der Waals surface area contributed by atoms with Crippen molar-refractivity contribution < 1.29 is 13.2 Å². The van der Waals surface area contributed by atoms with E-state index in [4.69, 9.17) is 0 Å². The summed E-state index contributed by atoms with van der Waals surface area (Å²) in [5.74, 6) is -0.0670. The molecule has 0 saturated heterocycles. The maximum Gasteiger partial charge on any atom is 0.268 e. The van der Waals surface area contributed by atoms with E-state index in [0.29, 0.717) is 24.3 Å². The highest BCUT2D eigenvalue weighted by molar-refractivity contribution is 7.92. The molecule has 0 unspecified atom stereocenters. The second-order valence-electron chi connectivity index (χ2n) is 7.15. The molecule has 3 N–H and O–H groups in total. The Bertz CT molecular complexity index is 1090. The molecule has 1 amide bonds. The fourth-order valence-electron chi connectivity index (χ4n) is 3.24. The van der Waals surface area contributed by atoms with Crippen LogP contribution in [0.4, 0.5) is 5.69 Å². The van der Waals surface area contributed by atoms with Crippen molar-refractivity contribution in [1.29, 1.82) is 0 Å². The number of carbonyl (C=O) groups is 1. The predicted molar refractivity (Wildman–Crippen MR) is 118 cm³/mol. The highest BCUT2D eigenvalue weighted by atomic mass is 32.2. The molecule has 0 saturated carbocycles. The van der Waals surface area contributed by atoms with Gasteiger partial charge in [-0.05, 0) is 49.1 Å². The third-order valence-corrected chi connectivity index (χ3v) is 6.24. The van der Waals surface area contributed by atoms with Crippen molar-refractivity contribution in [2.75, 3.05) is 17.0 Å². The van der Waals surface area contributed by atoms with Gasteiger partial charge >= 0.3 is 0 Å². The zero-order chi connectivity index (χ0) is 20.9. The molecular formula is C22H27N3O3S. The Morgan fingerprint density at radius 1 is 1.10 bits per heavy atom. The Morgan fingerprint density at radius 3 is 2.59 bits per heavy atom. The number of benzene rings is 2. The van der Waals surface area contributed by atoms with Crippen LogP contribution in [-0.4, -0.2) is 31.6 Å². The molecule has 0 atom stereocenters. The van der Waals surface area contributed by atoms with Crippen molar-refractivity contribution in [3.63, 3.8) is 0 Å². The first-order valence-corrected chi connectivity index (χ1v) is 11.5. The first kappa shape index (κ1) is 20.9. The van der Waals surface area contributed by atoms with Crippen molar-refractivity contribution in [3.8, 4) is 0 Å². The number of fused-ring (bicyclic) bond motifs is 1. The van der Waals surface area contributed by atoms with Crippen molar-refractivity contribution >= 4 is 32.5 Å². The summed E-state index contributed by atoms with van der Waals surface area (Å²) in [4.78, 5) is 15.8. The highest BCUT2D eigenvalue weighted by Gasteiger charge is 2.16. The van der Waals surface area contributed by atoms with Gasteiger partial charge in [0.2, 0.25) is 10.0 Å². The molecule has 3 aromatic rings. The van der Waals surface area contributed by atoms with E-state index < -0.39 is 10.0 Å². The van der Waals surface area contributed by atoms with Gasteiger partial charge in [-0.25, -0.2) is 8.42 Å². The van der Waals surface area contributed by atoms with Gasteiger partial charge in [0.1, 0.15) is 5.69 Å². The van der Waals surface area contributed by atoms with Crippen LogP contribution in [0.2, 0.25) is 0 Å². The van der Waals surface area contributed by atoms with Crippen LogP contribution in [0.1, 0.15) is 41.4 Å². The fourth-order valence-corrected chi connectivity index (χ4v) is 4.49. The number of carbonyl (C=O) groups excluding carboxylic acids is 1. The molecule has 0 fully saturated rings. The predicted octanol–water partition coefficient (Wildman–Crippen LogP) is 3.99. The first-order chi connectivity index (χ1) is 13.9. The molecule has 6 nitrogen and oxygen atoms in total. The number of sulfonamides is 1. The van der Waals surface area contributed by atoms with Crippen LogP contribution in [0.15, 0.2) is 48.5 Å². The number of nitrogens with one attached hydrogen (secondary N) is 3. The molecule has 0 spiro atoms. The molecule has 0 radical (unpaired) electrons. The number of hydrogen-bond acceptors (Lipinski definition) is 3. The SMILES string of the molecule is CCCCS(=O)(=O)Nc1ccc2[nH]c(C(=O)NCCc3ccccc3)c(C)c2c1. The van der Waals surface area contributed by atoms with E-state index in [1.165, 1.54) is 5.56 Å². The Morgan fingerprint density at radius 2 is 1.86 bits per heavy atom. The van der Waals surface area contributed by atoms with E-state index in [0.717, 1.165) is 29.3 Å². The summed E-state index contributed by atoms with van der Waals surface area (Å²) >= 11 is 0. The molecule has 0 aliphatic heterocycles. The Balaban J connectivity index is 1.71. The number of aromatic amines is 1. The smallest absolute Gasteiger partial charge is 0.268 e. The van der Waals surface area contributed by atoms with E-state index >= 15 is 0 Å². The molecular weight excluding hydrogens is 386 g/mol. The number of hydrogen-bond donors (Lipinski definition) is 3. The molecule has 3 rings (SSSR count). The quantitative estimate of drug-likeness (QED) is 0.495. The number of aromatic nitrogens is 1. The first-order valence-electron chi connectivity index (χ1n) is 9.84. The lowest BCUT2D eigenvalue weighted by atomic mass is 10.1. The van der Waals surface area contributed by atoms with E-state index in [9.17, 15) is 13.2 Å². The van der Waals surface area contributed by atoms with E-state index in [1.807, 2.05) is 44.2 Å². The van der Waals surface area contributed by atoms with Gasteiger partial charge < -0.3 is 10.3 Å². The number of unbranched alkanes of at least 4 members (excludes halogenated alkanes) is 1. The minimum absolute atomic E-state index is 0.0999. The van der Waals surface area contributed by atoms with Gasteiger partial charge in [-0.15, -0.1) is 0 Å². The lowest BCUT2D eigenvalue weighted by Gasteiger charge is -2.07. The molecule has 7 heteroatoms. The molecule has 0 aliphatic carbocycles. The average Bonchev–Trinajstić information content (AvgIpc) is 3.03. The third-order valence-electron chi connectivity index (χ3n) is 4.87. The summed E-state index contributed by atoms with van der Waals surface area (Å²) in [5, 5.41) is 3.77. The second kappa shape index (κ2) is 9.13. The van der Waals surface area contributed by atoms with Crippen molar-refractivity contribution in [1.82, 2.24) is 10.3 Å². The highest BCUT2D eigenvalue weighted by Crippen LogP contribution is 2.25. The minimum atomic E-state index is -3.37. The maximum atomic E-state index is 12.6. The summed E-state index contributed by atoms with van der Waals surface area (Å²) < 4.78 is 26.9. The van der Waals surface area contributed by atoms with Gasteiger partial charge in [-0.3, -0.25) is 9.52 Å². The van der Waals surface area contributed by atoms with Crippen LogP contribution in [0, 0.1) is 6.92 Å². The second-order valence-corrected chi connectivity index (χ2v) is 8.99. The monoisotopic (exact) mass is 413 g/mol. The summed E-state index contributed by atoms with van der Waals surface area (Å²) in [6.07, 6.45) is 2.20. The Labute approximate surface area is 171 Å². The van der Waals surface area contributed by atoms with Gasteiger partial charge in [0.15, 0.2) is 0 Å². The molecule has 1 aromatic heterocycles. The van der Waals surface area contributed by atoms with Crippen LogP contribution in [0.3, 0.4) is 0 Å². The van der Waals surface area contributed by atoms with Crippen LogP contribution in [-0.2, 0) is 16.4 Å². The standard InChI is InChI=1S/C22H27N3O3S/c1-3-4-14-29(27,28)25-18-10-11-20-19(15-18)16(2)21(24-20)22(26)23-13-12-17-8-6-5-7-9-17/h5-11,15,24-25H,3-4,12-14H2,1-2H3,(H,23,26). The van der Waals surface area contributed by atoms with Gasteiger partial charge in [0, 0.05) is 23.1 Å². The fraction of sp³-hybridized carbons (Fsp3) is 0.318. The lowest BCUT2D eigenvalue weighted by molar-refractivity contribution is 0.0949. The largest absolute Gasteiger partial charge is 0.350 e. The molecule has 1 heterocycles. The molecule has 29 heavy (non-hydrogen) atoms. The molecule has 2 aromatic carbocycles. The number of amides is 1. The average molecular weight is 414 g/mol. The summed E-state index contributed by atoms with van der Waals surface area (Å²) in [6, 6.07) is 15.3. The van der Waals surface area contributed by atoms with Crippen molar-refractivity contribution in [2.24, 2.45) is 0 Å². The topological polar surface area (TPSA) is 91.1 Å². The Kier molecular flexibility index (Phi) is 6.59. The number of H-pyrrole nitrogens is 1. The molecule has 154 valence electrons. The third kappa shape index (κ3) is 5.38. The van der Waals surface area contributed by atoms with Gasteiger partial charge in [-0.1, -0.05) is 43.7 Å². The van der Waals surface area contributed by atoms with Crippen molar-refractivity contribution in [2.45, 2.75) is 33.1 Å². The number of anilines is 1. The van der Waals surface area contributed by atoms with Gasteiger partial charge in [-0.2, -0.15) is 0 Å². The van der Waals surface area contributed by atoms with E-state index in [2.05, 4.69) is 15.0 Å². The summed E-state index contributed by atoms with van der Waals surface area (Å²) in [5.41, 5.74) is 3.77. The zero-order valence-corrected chi connectivity index (χ0v) is 17.6. The Hall–Kier alpha value is -2.80. The summed E-state index contributed by atoms with van der Waals surface area (Å²) in [6.45, 7) is 4.36. The minimum Gasteiger partial charge on any atom is -0.350 e. The molecule has 0 bridgehead atoms. The van der Waals surface area contributed by atoms with E-state index in [1.54, 1.807) is 18.2 Å². The lowest BCUT2D eigenvalue weighted by Crippen LogP contribution is -2.26. The van der Waals surface area contributed by atoms with Crippen LogP contribution in [0.25, 0.3) is 10.9 Å². The van der Waals surface area contributed by atoms with Gasteiger partial charge in [0.05, 0.1) is 5.75 Å². The molecule has 0 aliphatic rings.